The molecule has 2 atom stereocenters. The molecule has 1 aliphatic carbocycles. The molecular weight excluding hydrogens is 464 g/mol. The quantitative estimate of drug-likeness (QED) is 0.484. The van der Waals surface area contributed by atoms with Crippen molar-refractivity contribution in [1.82, 2.24) is 14.9 Å². The van der Waals surface area contributed by atoms with Gasteiger partial charge in [-0.25, -0.2) is 9.97 Å². The van der Waals surface area contributed by atoms with Gasteiger partial charge >= 0.3 is 0 Å². The standard InChI is InChI=1S/C27H35ClN4O3/c1-34-18-19-16-29-27(30-17-19)32-10-5-20(6-11-32)24-13-21(24)7-12-35-23-4-3-22(25(28)15-23)14-26(33)31-8-2-9-31/h3-4,15-17,20-21,24H,2,5-14,18H2,1H3/t21-,24-/m1/s1. The molecule has 0 N–H and O–H groups in total. The molecule has 0 bridgehead atoms. The zero-order chi connectivity index (χ0) is 24.2. The Labute approximate surface area is 212 Å². The van der Waals surface area contributed by atoms with Crippen molar-refractivity contribution in [1.29, 1.82) is 0 Å². The highest BCUT2D eigenvalue weighted by Crippen LogP contribution is 2.49. The van der Waals surface area contributed by atoms with Gasteiger partial charge in [0.25, 0.3) is 0 Å². The van der Waals surface area contributed by atoms with Gasteiger partial charge in [-0.3, -0.25) is 4.79 Å². The van der Waals surface area contributed by atoms with Crippen molar-refractivity contribution in [2.24, 2.45) is 17.8 Å². The van der Waals surface area contributed by atoms with E-state index in [0.29, 0.717) is 24.7 Å². The van der Waals surface area contributed by atoms with E-state index in [1.807, 2.05) is 35.5 Å². The van der Waals surface area contributed by atoms with E-state index in [2.05, 4.69) is 14.9 Å². The monoisotopic (exact) mass is 498 g/mol. The van der Waals surface area contributed by atoms with Gasteiger partial charge < -0.3 is 19.3 Å². The minimum Gasteiger partial charge on any atom is -0.494 e. The van der Waals surface area contributed by atoms with E-state index in [4.69, 9.17) is 21.1 Å². The number of likely N-dealkylation sites (tertiary alicyclic amines) is 1. The summed E-state index contributed by atoms with van der Waals surface area (Å²) in [5, 5.41) is 0.616. The van der Waals surface area contributed by atoms with Crippen LogP contribution in [-0.4, -0.2) is 60.7 Å². The minimum absolute atomic E-state index is 0.157. The number of methoxy groups -OCH3 is 1. The fourth-order valence-electron chi connectivity index (χ4n) is 5.39. The average Bonchev–Trinajstić information content (AvgIpc) is 3.60. The van der Waals surface area contributed by atoms with Crippen molar-refractivity contribution in [2.45, 2.75) is 45.1 Å². The van der Waals surface area contributed by atoms with Crippen LogP contribution in [0.2, 0.25) is 5.02 Å². The number of aromatic nitrogens is 2. The van der Waals surface area contributed by atoms with Crippen molar-refractivity contribution < 1.29 is 14.3 Å². The molecule has 8 heteroatoms. The lowest BCUT2D eigenvalue weighted by molar-refractivity contribution is -0.133. The fraction of sp³-hybridized carbons (Fsp3) is 0.593. The fourth-order valence-corrected chi connectivity index (χ4v) is 5.63. The Morgan fingerprint density at radius 3 is 2.57 bits per heavy atom. The highest BCUT2D eigenvalue weighted by atomic mass is 35.5. The Bertz CT molecular complexity index is 1010. The highest BCUT2D eigenvalue weighted by Gasteiger charge is 2.43. The maximum absolute atomic E-state index is 12.2. The number of nitrogens with zero attached hydrogens (tertiary/aromatic N) is 4. The van der Waals surface area contributed by atoms with Gasteiger partial charge in [-0.1, -0.05) is 17.7 Å². The largest absolute Gasteiger partial charge is 0.494 e. The summed E-state index contributed by atoms with van der Waals surface area (Å²) in [7, 11) is 1.68. The molecule has 5 rings (SSSR count). The molecule has 2 saturated heterocycles. The molecule has 0 spiro atoms. The maximum Gasteiger partial charge on any atom is 0.227 e. The third kappa shape index (κ3) is 6.07. The number of hydrogen-bond acceptors (Lipinski definition) is 6. The predicted octanol–water partition coefficient (Wildman–Crippen LogP) is 4.37. The van der Waals surface area contributed by atoms with Crippen LogP contribution in [0.15, 0.2) is 30.6 Å². The van der Waals surface area contributed by atoms with E-state index < -0.39 is 0 Å². The van der Waals surface area contributed by atoms with Gasteiger partial charge in [0.1, 0.15) is 5.75 Å². The molecule has 3 heterocycles. The van der Waals surface area contributed by atoms with E-state index in [9.17, 15) is 4.79 Å². The number of ether oxygens (including phenoxy) is 2. The summed E-state index contributed by atoms with van der Waals surface area (Å²) in [5.41, 5.74) is 1.88. The Balaban J connectivity index is 1.01. The molecule has 0 unspecified atom stereocenters. The summed E-state index contributed by atoms with van der Waals surface area (Å²) >= 11 is 6.43. The average molecular weight is 499 g/mol. The molecule has 0 radical (unpaired) electrons. The van der Waals surface area contributed by atoms with Crippen LogP contribution < -0.4 is 9.64 Å². The summed E-state index contributed by atoms with van der Waals surface area (Å²) in [6, 6.07) is 5.72. The van der Waals surface area contributed by atoms with Gasteiger partial charge in [0.15, 0.2) is 0 Å². The molecule has 1 saturated carbocycles. The zero-order valence-electron chi connectivity index (χ0n) is 20.5. The molecule has 188 valence electrons. The summed E-state index contributed by atoms with van der Waals surface area (Å²) in [6.07, 6.45) is 10.0. The number of halogens is 1. The van der Waals surface area contributed by atoms with Crippen LogP contribution in [0.3, 0.4) is 0 Å². The third-order valence-electron chi connectivity index (χ3n) is 7.74. The van der Waals surface area contributed by atoms with E-state index >= 15 is 0 Å². The first-order valence-corrected chi connectivity index (χ1v) is 13.2. The Morgan fingerprint density at radius 1 is 1.14 bits per heavy atom. The second-order valence-electron chi connectivity index (χ2n) is 10.1. The normalized spacial score (nSPS) is 22.1. The van der Waals surface area contributed by atoms with E-state index in [1.165, 1.54) is 19.3 Å². The summed E-state index contributed by atoms with van der Waals surface area (Å²) in [6.45, 7) is 5.06. The number of carbonyl (C=O) groups is 1. The first kappa shape index (κ1) is 24.3. The number of benzene rings is 1. The smallest absolute Gasteiger partial charge is 0.227 e. The lowest BCUT2D eigenvalue weighted by Crippen LogP contribution is -2.42. The SMILES string of the molecule is COCc1cnc(N2CCC([C@H]3C[C@H]3CCOc3ccc(CC(=O)N4CCC4)c(Cl)c3)CC2)nc1. The number of rotatable bonds is 10. The first-order chi connectivity index (χ1) is 17.1. The van der Waals surface area contributed by atoms with Crippen molar-refractivity contribution in [2.75, 3.05) is 44.8 Å². The molecule has 2 aliphatic heterocycles. The maximum atomic E-state index is 12.2. The van der Waals surface area contributed by atoms with Crippen LogP contribution in [0, 0.1) is 17.8 Å². The molecule has 1 amide bonds. The third-order valence-corrected chi connectivity index (χ3v) is 8.09. The van der Waals surface area contributed by atoms with Crippen LogP contribution >= 0.6 is 11.6 Å². The Morgan fingerprint density at radius 2 is 1.91 bits per heavy atom. The summed E-state index contributed by atoms with van der Waals surface area (Å²) < 4.78 is 11.1. The van der Waals surface area contributed by atoms with Gasteiger partial charge in [-0.05, 0) is 67.6 Å². The van der Waals surface area contributed by atoms with Crippen molar-refractivity contribution in [3.63, 3.8) is 0 Å². The van der Waals surface area contributed by atoms with Gasteiger partial charge in [0, 0.05) is 56.3 Å². The zero-order valence-corrected chi connectivity index (χ0v) is 21.3. The van der Waals surface area contributed by atoms with Crippen molar-refractivity contribution in [3.05, 3.63) is 46.7 Å². The van der Waals surface area contributed by atoms with E-state index in [1.54, 1.807) is 7.11 Å². The molecule has 35 heavy (non-hydrogen) atoms. The van der Waals surface area contributed by atoms with Crippen LogP contribution in [-0.2, 0) is 22.6 Å². The summed E-state index contributed by atoms with van der Waals surface area (Å²) in [5.74, 6) is 4.16. The van der Waals surface area contributed by atoms with Crippen LogP contribution in [0.25, 0.3) is 0 Å². The predicted molar refractivity (Wildman–Crippen MR) is 136 cm³/mol. The number of anilines is 1. The van der Waals surface area contributed by atoms with Crippen molar-refractivity contribution in [3.8, 4) is 5.75 Å². The van der Waals surface area contributed by atoms with Gasteiger partial charge in [0.2, 0.25) is 11.9 Å². The molecular formula is C27H35ClN4O3. The van der Waals surface area contributed by atoms with Gasteiger partial charge in [-0.2, -0.15) is 0 Å². The van der Waals surface area contributed by atoms with Gasteiger partial charge in [0.05, 0.1) is 19.6 Å². The minimum atomic E-state index is 0.157. The molecule has 3 fully saturated rings. The molecule has 2 aromatic rings. The van der Waals surface area contributed by atoms with Crippen LogP contribution in [0.4, 0.5) is 5.95 Å². The van der Waals surface area contributed by atoms with Crippen LogP contribution in [0.5, 0.6) is 5.75 Å². The van der Waals surface area contributed by atoms with Gasteiger partial charge in [-0.15, -0.1) is 0 Å². The molecule has 7 nitrogen and oxygen atoms in total. The molecule has 1 aromatic heterocycles. The lowest BCUT2D eigenvalue weighted by atomic mass is 9.90. The summed E-state index contributed by atoms with van der Waals surface area (Å²) in [4.78, 5) is 25.4. The first-order valence-electron chi connectivity index (χ1n) is 12.8. The van der Waals surface area contributed by atoms with Crippen LogP contribution in [0.1, 0.15) is 43.2 Å². The number of amides is 1. The second-order valence-corrected chi connectivity index (χ2v) is 10.5. The van der Waals surface area contributed by atoms with Crippen molar-refractivity contribution >= 4 is 23.5 Å². The van der Waals surface area contributed by atoms with E-state index in [0.717, 1.165) is 79.6 Å². The number of carbonyl (C=O) groups excluding carboxylic acids is 1. The molecule has 3 aliphatic rings. The number of hydrogen-bond donors (Lipinski definition) is 0. The topological polar surface area (TPSA) is 67.8 Å². The Hall–Kier alpha value is -2.38. The highest BCUT2D eigenvalue weighted by molar-refractivity contribution is 6.31. The van der Waals surface area contributed by atoms with E-state index in [-0.39, 0.29) is 5.91 Å². The Kier molecular flexibility index (Phi) is 7.73. The second kappa shape index (κ2) is 11.1. The number of piperidine rings is 1. The molecule has 1 aromatic carbocycles. The lowest BCUT2D eigenvalue weighted by Gasteiger charge is -2.32.